The summed E-state index contributed by atoms with van der Waals surface area (Å²) < 4.78 is 28.3. The molecule has 5 rings (SSSR count). The molecule has 0 saturated heterocycles. The molecule has 9 heteroatoms. The van der Waals surface area contributed by atoms with Crippen molar-refractivity contribution in [1.82, 2.24) is 14.2 Å². The molecule has 1 aliphatic heterocycles. The molecule has 4 heterocycles. The number of para-hydroxylation sites is 1. The first-order valence-corrected chi connectivity index (χ1v) is 12.9. The summed E-state index contributed by atoms with van der Waals surface area (Å²) in [4.78, 5) is 1.98. The van der Waals surface area contributed by atoms with Crippen LogP contribution >= 0.6 is 22.7 Å². The van der Waals surface area contributed by atoms with E-state index >= 15 is 0 Å². The van der Waals surface area contributed by atoms with Gasteiger partial charge < -0.3 is 0 Å². The Hall–Kier alpha value is -2.75. The van der Waals surface area contributed by atoms with E-state index in [2.05, 4.69) is 5.10 Å². The molecular formula is C21H18N4O2S3. The highest BCUT2D eigenvalue weighted by Gasteiger charge is 2.37. The molecule has 152 valence electrons. The van der Waals surface area contributed by atoms with E-state index in [1.54, 1.807) is 22.7 Å². The van der Waals surface area contributed by atoms with Crippen LogP contribution in [0.3, 0.4) is 0 Å². The van der Waals surface area contributed by atoms with Crippen LogP contribution in [-0.2, 0) is 10.0 Å². The fourth-order valence-corrected chi connectivity index (χ4v) is 5.92. The first kappa shape index (κ1) is 19.2. The van der Waals surface area contributed by atoms with Gasteiger partial charge in [0.25, 0.3) is 0 Å². The monoisotopic (exact) mass is 454 g/mol. The summed E-state index contributed by atoms with van der Waals surface area (Å²) in [5.41, 5.74) is 3.34. The van der Waals surface area contributed by atoms with E-state index in [1.807, 2.05) is 76.2 Å². The minimum Gasteiger partial charge on any atom is -0.240 e. The van der Waals surface area contributed by atoms with E-state index in [1.165, 1.54) is 10.7 Å². The van der Waals surface area contributed by atoms with Gasteiger partial charge in [0, 0.05) is 18.2 Å². The van der Waals surface area contributed by atoms with Gasteiger partial charge in [0.15, 0.2) is 0 Å². The van der Waals surface area contributed by atoms with Crippen LogP contribution in [0.1, 0.15) is 22.9 Å². The number of hydrazone groups is 1. The highest BCUT2D eigenvalue weighted by atomic mass is 32.2. The SMILES string of the molecule is CS(=O)(=O)N1N=C(c2cccs2)C[C@H]1c1cn(-c2ccccc2)nc1-c1cccs1. The average Bonchev–Trinajstić information content (AvgIpc) is 3.53. The zero-order valence-electron chi connectivity index (χ0n) is 16.0. The second-order valence-electron chi connectivity index (χ2n) is 6.97. The van der Waals surface area contributed by atoms with Crippen LogP contribution in [0.4, 0.5) is 0 Å². The lowest BCUT2D eigenvalue weighted by atomic mass is 10.0. The van der Waals surface area contributed by atoms with Crippen LogP contribution < -0.4 is 0 Å². The Morgan fingerprint density at radius 1 is 0.967 bits per heavy atom. The molecule has 0 spiro atoms. The van der Waals surface area contributed by atoms with Gasteiger partial charge >= 0.3 is 0 Å². The summed E-state index contributed by atoms with van der Waals surface area (Å²) in [7, 11) is -3.55. The lowest BCUT2D eigenvalue weighted by molar-refractivity contribution is 0.375. The normalized spacial score (nSPS) is 16.8. The van der Waals surface area contributed by atoms with Crippen molar-refractivity contribution in [2.24, 2.45) is 5.10 Å². The van der Waals surface area contributed by atoms with Gasteiger partial charge in [-0.05, 0) is 35.0 Å². The highest BCUT2D eigenvalue weighted by molar-refractivity contribution is 7.88. The summed E-state index contributed by atoms with van der Waals surface area (Å²) >= 11 is 3.15. The van der Waals surface area contributed by atoms with Gasteiger partial charge in [-0.25, -0.2) is 13.1 Å². The third kappa shape index (κ3) is 3.49. The van der Waals surface area contributed by atoms with Crippen LogP contribution in [-0.4, -0.2) is 34.6 Å². The molecule has 0 saturated carbocycles. The lowest BCUT2D eigenvalue weighted by Gasteiger charge is -2.20. The summed E-state index contributed by atoms with van der Waals surface area (Å²) in [5, 5.41) is 13.3. The maximum absolute atomic E-state index is 12.6. The van der Waals surface area contributed by atoms with Crippen LogP contribution in [0.2, 0.25) is 0 Å². The zero-order valence-corrected chi connectivity index (χ0v) is 18.5. The zero-order chi connectivity index (χ0) is 20.7. The van der Waals surface area contributed by atoms with Crippen molar-refractivity contribution in [1.29, 1.82) is 0 Å². The number of sulfonamides is 1. The molecule has 1 aromatic carbocycles. The number of benzene rings is 1. The van der Waals surface area contributed by atoms with Gasteiger partial charge in [-0.1, -0.05) is 30.3 Å². The van der Waals surface area contributed by atoms with Crippen molar-refractivity contribution in [2.45, 2.75) is 12.5 Å². The Kier molecular flexibility index (Phi) is 4.80. The second kappa shape index (κ2) is 7.50. The van der Waals surface area contributed by atoms with Crippen LogP contribution in [0.25, 0.3) is 16.3 Å². The van der Waals surface area contributed by atoms with Crippen molar-refractivity contribution in [3.63, 3.8) is 0 Å². The maximum Gasteiger partial charge on any atom is 0.247 e. The Labute approximate surface area is 182 Å². The Morgan fingerprint density at radius 3 is 2.30 bits per heavy atom. The molecule has 3 aromatic heterocycles. The molecule has 0 N–H and O–H groups in total. The van der Waals surface area contributed by atoms with Crippen molar-refractivity contribution in [3.8, 4) is 16.3 Å². The van der Waals surface area contributed by atoms with Gasteiger partial charge in [0.05, 0.1) is 33.5 Å². The molecule has 0 unspecified atom stereocenters. The van der Waals surface area contributed by atoms with Crippen molar-refractivity contribution >= 4 is 38.4 Å². The van der Waals surface area contributed by atoms with E-state index in [-0.39, 0.29) is 0 Å². The fraction of sp³-hybridized carbons (Fsp3) is 0.143. The van der Waals surface area contributed by atoms with Crippen LogP contribution in [0.5, 0.6) is 0 Å². The van der Waals surface area contributed by atoms with E-state index in [9.17, 15) is 8.42 Å². The van der Waals surface area contributed by atoms with Gasteiger partial charge in [-0.15, -0.1) is 22.7 Å². The minimum absolute atomic E-state index is 0.438. The van der Waals surface area contributed by atoms with E-state index in [0.717, 1.165) is 32.4 Å². The first-order chi connectivity index (χ1) is 14.5. The lowest BCUT2D eigenvalue weighted by Crippen LogP contribution is -2.26. The third-order valence-corrected chi connectivity index (χ3v) is 7.71. The predicted molar refractivity (Wildman–Crippen MR) is 122 cm³/mol. The molecular weight excluding hydrogens is 436 g/mol. The van der Waals surface area contributed by atoms with E-state index in [0.29, 0.717) is 6.42 Å². The van der Waals surface area contributed by atoms with Gasteiger partial charge in [0.2, 0.25) is 10.0 Å². The number of nitrogens with zero attached hydrogens (tertiary/aromatic N) is 4. The molecule has 0 bridgehead atoms. The number of thiophene rings is 2. The largest absolute Gasteiger partial charge is 0.247 e. The predicted octanol–water partition coefficient (Wildman–Crippen LogP) is 4.77. The standard InChI is InChI=1S/C21H18N4O2S3/c1-30(26,27)25-18(13-17(22-25)19-9-5-11-28-19)16-14-24(15-7-3-2-4-8-15)23-21(16)20-10-6-12-29-20/h2-12,14,18H,13H2,1H3/t18-/m0/s1. The Bertz CT molecular complexity index is 1290. The highest BCUT2D eigenvalue weighted by Crippen LogP contribution is 2.40. The smallest absolute Gasteiger partial charge is 0.240 e. The molecule has 4 aromatic rings. The molecule has 0 fully saturated rings. The number of hydrogen-bond donors (Lipinski definition) is 0. The number of hydrogen-bond acceptors (Lipinski definition) is 6. The van der Waals surface area contributed by atoms with E-state index in [4.69, 9.17) is 5.10 Å². The summed E-state index contributed by atoms with van der Waals surface area (Å²) in [6, 6.07) is 17.3. The van der Waals surface area contributed by atoms with Gasteiger partial charge in [-0.3, -0.25) is 0 Å². The molecule has 1 aliphatic rings. The fourth-order valence-electron chi connectivity index (χ4n) is 3.57. The minimum atomic E-state index is -3.55. The number of aromatic nitrogens is 2. The van der Waals surface area contributed by atoms with Gasteiger partial charge in [0.1, 0.15) is 5.69 Å². The Morgan fingerprint density at radius 2 is 1.67 bits per heavy atom. The van der Waals surface area contributed by atoms with Crippen LogP contribution in [0, 0.1) is 0 Å². The maximum atomic E-state index is 12.6. The van der Waals surface area contributed by atoms with Crippen molar-refractivity contribution in [3.05, 3.63) is 82.0 Å². The summed E-state index contributed by atoms with van der Waals surface area (Å²) in [6.07, 6.45) is 3.64. The first-order valence-electron chi connectivity index (χ1n) is 9.30. The van der Waals surface area contributed by atoms with E-state index < -0.39 is 16.1 Å². The second-order valence-corrected chi connectivity index (χ2v) is 10.7. The molecule has 1 atom stereocenters. The quantitative estimate of drug-likeness (QED) is 0.436. The average molecular weight is 455 g/mol. The Balaban J connectivity index is 1.64. The topological polar surface area (TPSA) is 67.6 Å². The van der Waals surface area contributed by atoms with Crippen molar-refractivity contribution < 1.29 is 8.42 Å². The van der Waals surface area contributed by atoms with Crippen molar-refractivity contribution in [2.75, 3.05) is 6.26 Å². The molecule has 0 amide bonds. The molecule has 0 aliphatic carbocycles. The molecule has 0 radical (unpaired) electrons. The third-order valence-electron chi connectivity index (χ3n) is 4.89. The molecule has 30 heavy (non-hydrogen) atoms. The summed E-state index contributed by atoms with van der Waals surface area (Å²) in [6.45, 7) is 0. The summed E-state index contributed by atoms with van der Waals surface area (Å²) in [5.74, 6) is 0. The number of rotatable bonds is 5. The van der Waals surface area contributed by atoms with Gasteiger partial charge in [-0.2, -0.15) is 14.6 Å². The molecule has 6 nitrogen and oxygen atoms in total. The van der Waals surface area contributed by atoms with Crippen LogP contribution in [0.15, 0.2) is 76.7 Å².